The van der Waals surface area contributed by atoms with Gasteiger partial charge in [0, 0.05) is 5.38 Å². The van der Waals surface area contributed by atoms with Crippen molar-refractivity contribution in [1.29, 1.82) is 0 Å². The Balaban J connectivity index is 2.07. The van der Waals surface area contributed by atoms with E-state index in [1.165, 1.54) is 6.92 Å². The molecule has 1 atom stereocenters. The first kappa shape index (κ1) is 21.9. The Morgan fingerprint density at radius 1 is 1.14 bits per heavy atom. The van der Waals surface area contributed by atoms with Gasteiger partial charge in [0.2, 0.25) is 5.91 Å². The van der Waals surface area contributed by atoms with Gasteiger partial charge in [0.1, 0.15) is 5.75 Å². The molecule has 28 heavy (non-hydrogen) atoms. The number of aromatic nitrogens is 1. The summed E-state index contributed by atoms with van der Waals surface area (Å²) >= 11 is 0.572. The average molecular weight is 448 g/mol. The van der Waals surface area contributed by atoms with Gasteiger partial charge in [-0.3, -0.25) is 4.79 Å². The molecule has 0 spiro atoms. The van der Waals surface area contributed by atoms with Gasteiger partial charge < -0.3 is 9.50 Å². The van der Waals surface area contributed by atoms with Crippen molar-refractivity contribution in [2.45, 2.75) is 24.5 Å². The Labute approximate surface area is 158 Å². The number of amides is 1. The Morgan fingerprint density at radius 3 is 2.18 bits per heavy atom. The van der Waals surface area contributed by atoms with Crippen molar-refractivity contribution in [3.63, 3.8) is 0 Å². The maximum absolute atomic E-state index is 12.5. The molecule has 0 bridgehead atoms. The summed E-state index contributed by atoms with van der Waals surface area (Å²) in [7, 11) is -5.83. The summed E-state index contributed by atoms with van der Waals surface area (Å²) in [5.74, 6) is -2.27. The first-order valence-corrected chi connectivity index (χ1v) is 9.44. The summed E-state index contributed by atoms with van der Waals surface area (Å²) in [5, 5.41) is 2.65. The zero-order valence-corrected chi connectivity index (χ0v) is 15.3. The van der Waals surface area contributed by atoms with Gasteiger partial charge in [0.05, 0.1) is 5.92 Å². The topological polar surface area (TPSA) is 85.4 Å². The van der Waals surface area contributed by atoms with Crippen LogP contribution in [0.3, 0.4) is 0 Å². The molecule has 2 aromatic rings. The fourth-order valence-corrected chi connectivity index (χ4v) is 2.99. The van der Waals surface area contributed by atoms with E-state index in [1.807, 2.05) is 0 Å². The highest BCUT2D eigenvalue weighted by atomic mass is 32.2. The number of anilines is 1. The van der Waals surface area contributed by atoms with E-state index in [1.54, 1.807) is 0 Å². The average Bonchev–Trinajstić information content (AvgIpc) is 3.02. The first-order chi connectivity index (χ1) is 12.7. The maximum atomic E-state index is 12.5. The van der Waals surface area contributed by atoms with Crippen molar-refractivity contribution in [2.24, 2.45) is 0 Å². The van der Waals surface area contributed by atoms with Crippen molar-refractivity contribution in [2.75, 3.05) is 5.32 Å². The van der Waals surface area contributed by atoms with Gasteiger partial charge in [0.15, 0.2) is 10.8 Å². The SMILES string of the molecule is C[C@@H](C(=O)Nc1nc(C(F)(F)F)cs1)c1ccc(OS(=O)(=O)C(F)(F)F)cc1. The Hall–Kier alpha value is -2.35. The summed E-state index contributed by atoms with van der Waals surface area (Å²) < 4.78 is 100. The number of carbonyl (C=O) groups excluding carboxylic acids is 1. The molecule has 0 aliphatic heterocycles. The van der Waals surface area contributed by atoms with E-state index in [9.17, 15) is 39.6 Å². The van der Waals surface area contributed by atoms with Gasteiger partial charge in [-0.15, -0.1) is 11.3 Å². The molecule has 0 saturated carbocycles. The van der Waals surface area contributed by atoms with Crippen LogP contribution in [0.4, 0.5) is 31.5 Å². The van der Waals surface area contributed by atoms with E-state index < -0.39 is 45.1 Å². The molecular weight excluding hydrogens is 438 g/mol. The van der Waals surface area contributed by atoms with Crippen LogP contribution in [0, 0.1) is 0 Å². The van der Waals surface area contributed by atoms with Crippen LogP contribution in [0.15, 0.2) is 29.6 Å². The van der Waals surface area contributed by atoms with Crippen molar-refractivity contribution < 1.29 is 43.7 Å². The molecule has 0 unspecified atom stereocenters. The molecule has 1 aromatic heterocycles. The van der Waals surface area contributed by atoms with Crippen LogP contribution in [0.25, 0.3) is 0 Å². The highest BCUT2D eigenvalue weighted by molar-refractivity contribution is 7.88. The Morgan fingerprint density at radius 2 is 1.71 bits per heavy atom. The number of benzene rings is 1. The minimum Gasteiger partial charge on any atom is -0.376 e. The summed E-state index contributed by atoms with van der Waals surface area (Å²) in [6, 6.07) is 4.12. The molecule has 2 rings (SSSR count). The van der Waals surface area contributed by atoms with Crippen molar-refractivity contribution in [3.8, 4) is 5.75 Å². The number of carbonyl (C=O) groups is 1. The third kappa shape index (κ3) is 5.13. The summed E-state index contributed by atoms with van der Waals surface area (Å²) in [5.41, 5.74) is -6.50. The number of nitrogens with zero attached hydrogens (tertiary/aromatic N) is 1. The van der Waals surface area contributed by atoms with E-state index in [-0.39, 0.29) is 10.7 Å². The number of rotatable bonds is 5. The number of halogens is 6. The minimum absolute atomic E-state index is 0.252. The predicted octanol–water partition coefficient (Wildman–Crippen LogP) is 4.13. The predicted molar refractivity (Wildman–Crippen MR) is 86.2 cm³/mol. The van der Waals surface area contributed by atoms with Crippen LogP contribution in [0.5, 0.6) is 5.75 Å². The molecule has 6 nitrogen and oxygen atoms in total. The standard InChI is InChI=1S/C14H10F6N2O4S2/c1-7(11(23)22-12-21-10(6-27-12)13(15,16)17)8-2-4-9(5-3-8)26-28(24,25)14(18,19)20/h2-7H,1H3,(H,21,22,23)/t7-/m1/s1. The molecule has 1 heterocycles. The van der Waals surface area contributed by atoms with Crippen LogP contribution >= 0.6 is 11.3 Å². The number of alkyl halides is 6. The quantitative estimate of drug-likeness (QED) is 0.422. The number of hydrogen-bond donors (Lipinski definition) is 1. The highest BCUT2D eigenvalue weighted by Crippen LogP contribution is 2.32. The fraction of sp³-hybridized carbons (Fsp3) is 0.286. The summed E-state index contributed by atoms with van der Waals surface area (Å²) in [6.07, 6.45) is -4.66. The third-order valence-electron chi connectivity index (χ3n) is 3.29. The van der Waals surface area contributed by atoms with E-state index in [2.05, 4.69) is 14.5 Å². The second-order valence-corrected chi connectivity index (χ2v) is 7.69. The lowest BCUT2D eigenvalue weighted by Gasteiger charge is -2.13. The van der Waals surface area contributed by atoms with Gasteiger partial charge in [-0.2, -0.15) is 34.8 Å². The van der Waals surface area contributed by atoms with Gasteiger partial charge in [-0.05, 0) is 24.6 Å². The second-order valence-electron chi connectivity index (χ2n) is 5.30. The molecule has 1 aromatic carbocycles. The Kier molecular flexibility index (Phi) is 5.94. The van der Waals surface area contributed by atoms with Crippen LogP contribution in [-0.2, 0) is 21.1 Å². The van der Waals surface area contributed by atoms with Gasteiger partial charge in [-0.25, -0.2) is 4.98 Å². The van der Waals surface area contributed by atoms with Crippen LogP contribution < -0.4 is 9.50 Å². The number of hydrogen-bond acceptors (Lipinski definition) is 6. The van der Waals surface area contributed by atoms with Gasteiger partial charge in [0.25, 0.3) is 0 Å². The number of thiazole rings is 1. The van der Waals surface area contributed by atoms with Crippen LogP contribution in [0.1, 0.15) is 24.1 Å². The monoisotopic (exact) mass is 448 g/mol. The van der Waals surface area contributed by atoms with Crippen molar-refractivity contribution in [3.05, 3.63) is 40.9 Å². The minimum atomic E-state index is -5.83. The van der Waals surface area contributed by atoms with E-state index in [4.69, 9.17) is 0 Å². The normalized spacial score (nSPS) is 13.8. The smallest absolute Gasteiger partial charge is 0.376 e. The van der Waals surface area contributed by atoms with Crippen molar-refractivity contribution >= 4 is 32.5 Å². The summed E-state index contributed by atoms with van der Waals surface area (Å²) in [4.78, 5) is 15.4. The van der Waals surface area contributed by atoms with Crippen LogP contribution in [0.2, 0.25) is 0 Å². The molecule has 14 heteroatoms. The molecule has 1 N–H and O–H groups in total. The summed E-state index contributed by atoms with van der Waals surface area (Å²) in [6.45, 7) is 1.38. The molecule has 154 valence electrons. The molecule has 0 fully saturated rings. The molecule has 0 radical (unpaired) electrons. The second kappa shape index (κ2) is 7.58. The Bertz CT molecular complexity index is 951. The first-order valence-electron chi connectivity index (χ1n) is 7.15. The zero-order chi connectivity index (χ0) is 21.3. The molecule has 0 aliphatic rings. The molecular formula is C14H10F6N2O4S2. The largest absolute Gasteiger partial charge is 0.534 e. The lowest BCUT2D eigenvalue weighted by atomic mass is 10.0. The maximum Gasteiger partial charge on any atom is 0.534 e. The van der Waals surface area contributed by atoms with Crippen LogP contribution in [-0.4, -0.2) is 24.8 Å². The molecule has 0 aliphatic carbocycles. The molecule has 0 saturated heterocycles. The van der Waals surface area contributed by atoms with Gasteiger partial charge >= 0.3 is 21.8 Å². The number of nitrogens with one attached hydrogen (secondary N) is 1. The fourth-order valence-electron chi connectivity index (χ4n) is 1.81. The lowest BCUT2D eigenvalue weighted by molar-refractivity contribution is -0.140. The van der Waals surface area contributed by atoms with Gasteiger partial charge in [-0.1, -0.05) is 12.1 Å². The highest BCUT2D eigenvalue weighted by Gasteiger charge is 2.48. The third-order valence-corrected chi connectivity index (χ3v) is 5.02. The van der Waals surface area contributed by atoms with E-state index in [0.717, 1.165) is 29.6 Å². The van der Waals surface area contributed by atoms with E-state index >= 15 is 0 Å². The van der Waals surface area contributed by atoms with E-state index in [0.29, 0.717) is 11.3 Å². The lowest BCUT2D eigenvalue weighted by Crippen LogP contribution is -2.28. The van der Waals surface area contributed by atoms with Crippen molar-refractivity contribution in [1.82, 2.24) is 4.98 Å². The molecule has 1 amide bonds. The zero-order valence-electron chi connectivity index (χ0n) is 13.6.